The van der Waals surface area contributed by atoms with Gasteiger partial charge >= 0.3 is 10.1 Å². The van der Waals surface area contributed by atoms with Crippen LogP contribution in [0.1, 0.15) is 11.3 Å². The van der Waals surface area contributed by atoms with Gasteiger partial charge in [0.25, 0.3) is 0 Å². The van der Waals surface area contributed by atoms with Crippen LogP contribution in [0.15, 0.2) is 135 Å². The van der Waals surface area contributed by atoms with Crippen molar-refractivity contribution in [1.29, 1.82) is 0 Å². The smallest absolute Gasteiger partial charge is 0.339 e. The Morgan fingerprint density at radius 1 is 0.725 bits per heavy atom. The Morgan fingerprint density at radius 2 is 1.43 bits per heavy atom. The topological polar surface area (TPSA) is 76.7 Å². The van der Waals surface area contributed by atoms with E-state index in [4.69, 9.17) is 8.60 Å². The molecule has 0 fully saturated rings. The second-order valence-electron chi connectivity index (χ2n) is 9.32. The summed E-state index contributed by atoms with van der Waals surface area (Å²) in [5, 5.41) is 10.7. The fourth-order valence-electron chi connectivity index (χ4n) is 4.70. The van der Waals surface area contributed by atoms with E-state index in [-0.39, 0.29) is 16.4 Å². The summed E-state index contributed by atoms with van der Waals surface area (Å²) in [4.78, 5) is -0.127. The summed E-state index contributed by atoms with van der Waals surface area (Å²) in [7, 11) is -4.11. The Kier molecular flexibility index (Phi) is 6.92. The number of phenols is 1. The molecule has 0 saturated carbocycles. The van der Waals surface area contributed by atoms with E-state index in [1.807, 2.05) is 54.6 Å². The van der Waals surface area contributed by atoms with Crippen LogP contribution >= 0.6 is 15.9 Å². The number of phenolic OH excluding ortho intramolecular Hbond substituents is 1. The molecule has 6 aromatic rings. The van der Waals surface area contributed by atoms with E-state index in [0.29, 0.717) is 10.9 Å². The van der Waals surface area contributed by atoms with Gasteiger partial charge in [0.2, 0.25) is 0 Å². The summed E-state index contributed by atoms with van der Waals surface area (Å²) in [6.45, 7) is 0. The van der Waals surface area contributed by atoms with Gasteiger partial charge in [-0.1, -0.05) is 84.9 Å². The van der Waals surface area contributed by atoms with E-state index < -0.39 is 10.1 Å². The third-order valence-corrected chi connectivity index (χ3v) is 8.47. The largest absolute Gasteiger partial charge is 0.508 e. The highest BCUT2D eigenvalue weighted by Crippen LogP contribution is 2.38. The monoisotopic (exact) mass is 610 g/mol. The first-order valence-corrected chi connectivity index (χ1v) is 14.8. The highest BCUT2D eigenvalue weighted by Gasteiger charge is 2.20. The lowest BCUT2D eigenvalue weighted by molar-refractivity contribution is 0.467. The molecular formula is C33H23BrO5S. The van der Waals surface area contributed by atoms with E-state index in [0.717, 1.165) is 45.0 Å². The summed E-state index contributed by atoms with van der Waals surface area (Å²) in [5.74, 6) is 0.912. The number of para-hydroxylation sites is 1. The Balaban J connectivity index is 1.29. The van der Waals surface area contributed by atoms with Crippen LogP contribution in [0.3, 0.4) is 0 Å². The minimum Gasteiger partial charge on any atom is -0.508 e. The molecule has 40 heavy (non-hydrogen) atoms. The summed E-state index contributed by atoms with van der Waals surface area (Å²) < 4.78 is 37.5. The second kappa shape index (κ2) is 10.7. The Bertz CT molecular complexity index is 1930. The molecule has 0 bridgehead atoms. The molecule has 0 spiro atoms. The maximum Gasteiger partial charge on any atom is 0.339 e. The van der Waals surface area contributed by atoms with Gasteiger partial charge in [-0.05, 0) is 68.5 Å². The summed E-state index contributed by atoms with van der Waals surface area (Å²) in [6.07, 6.45) is 0.687. The lowest BCUT2D eigenvalue weighted by Crippen LogP contribution is -2.09. The van der Waals surface area contributed by atoms with E-state index >= 15 is 0 Å². The SMILES string of the molecule is O=S(=O)(Oc1ccc(-c2ccc(-c3c(Cc4ccccc4)oc4ccccc34)cc2)cc1Br)c1cccc(O)c1. The number of halogens is 1. The van der Waals surface area contributed by atoms with E-state index in [1.165, 1.54) is 23.8 Å². The lowest BCUT2D eigenvalue weighted by Gasteiger charge is -2.11. The zero-order valence-electron chi connectivity index (χ0n) is 21.1. The molecule has 198 valence electrons. The third-order valence-electron chi connectivity index (χ3n) is 6.62. The molecule has 1 N–H and O–H groups in total. The van der Waals surface area contributed by atoms with Gasteiger partial charge in [0.05, 0.1) is 4.47 Å². The molecule has 0 aliphatic heterocycles. The molecule has 6 rings (SSSR count). The van der Waals surface area contributed by atoms with Crippen molar-refractivity contribution < 1.29 is 22.1 Å². The predicted octanol–water partition coefficient (Wildman–Crippen LogP) is 8.59. The number of rotatable bonds is 7. The highest BCUT2D eigenvalue weighted by atomic mass is 79.9. The number of hydrogen-bond acceptors (Lipinski definition) is 5. The van der Waals surface area contributed by atoms with Crippen LogP contribution in [0, 0.1) is 0 Å². The Labute approximate surface area is 240 Å². The van der Waals surface area contributed by atoms with Gasteiger partial charge in [-0.3, -0.25) is 0 Å². The average molecular weight is 612 g/mol. The first-order chi connectivity index (χ1) is 19.4. The Morgan fingerprint density at radius 3 is 2.17 bits per heavy atom. The van der Waals surface area contributed by atoms with Crippen LogP contribution in [-0.2, 0) is 16.5 Å². The quantitative estimate of drug-likeness (QED) is 0.183. The molecule has 0 radical (unpaired) electrons. The van der Waals surface area contributed by atoms with Gasteiger partial charge in [-0.25, -0.2) is 0 Å². The Hall–Kier alpha value is -4.33. The molecular weight excluding hydrogens is 588 g/mol. The molecule has 7 heteroatoms. The zero-order chi connectivity index (χ0) is 27.7. The highest BCUT2D eigenvalue weighted by molar-refractivity contribution is 9.10. The zero-order valence-corrected chi connectivity index (χ0v) is 23.5. The van der Waals surface area contributed by atoms with E-state index in [9.17, 15) is 13.5 Å². The van der Waals surface area contributed by atoms with Gasteiger partial charge < -0.3 is 13.7 Å². The maximum absolute atomic E-state index is 12.7. The van der Waals surface area contributed by atoms with Crippen LogP contribution in [0.2, 0.25) is 0 Å². The predicted molar refractivity (Wildman–Crippen MR) is 160 cm³/mol. The van der Waals surface area contributed by atoms with Crippen LogP contribution in [0.4, 0.5) is 0 Å². The van der Waals surface area contributed by atoms with Crippen molar-refractivity contribution in [2.45, 2.75) is 11.3 Å². The van der Waals surface area contributed by atoms with Crippen LogP contribution in [-0.4, -0.2) is 13.5 Å². The maximum atomic E-state index is 12.7. The van der Waals surface area contributed by atoms with Gasteiger partial charge in [-0.15, -0.1) is 0 Å². The molecule has 0 aliphatic rings. The number of hydrogen-bond donors (Lipinski definition) is 1. The molecule has 1 heterocycles. The second-order valence-corrected chi connectivity index (χ2v) is 11.7. The average Bonchev–Trinajstić information content (AvgIpc) is 3.32. The molecule has 0 unspecified atom stereocenters. The van der Waals surface area contributed by atoms with Crippen LogP contribution in [0.5, 0.6) is 11.5 Å². The lowest BCUT2D eigenvalue weighted by atomic mass is 9.96. The van der Waals surface area contributed by atoms with Gasteiger partial charge in [0.15, 0.2) is 5.75 Å². The molecule has 0 saturated heterocycles. The van der Waals surface area contributed by atoms with E-state index in [1.54, 1.807) is 12.1 Å². The summed E-state index contributed by atoms with van der Waals surface area (Å²) in [6, 6.07) is 37.1. The minimum atomic E-state index is -4.11. The minimum absolute atomic E-state index is 0.127. The van der Waals surface area contributed by atoms with Crippen molar-refractivity contribution in [2.24, 2.45) is 0 Å². The summed E-state index contributed by atoms with van der Waals surface area (Å²) >= 11 is 3.45. The number of benzene rings is 5. The van der Waals surface area contributed by atoms with Crippen molar-refractivity contribution in [3.05, 3.63) is 137 Å². The van der Waals surface area contributed by atoms with Gasteiger partial charge in [-0.2, -0.15) is 8.42 Å². The number of furan rings is 1. The number of fused-ring (bicyclic) bond motifs is 1. The van der Waals surface area contributed by atoms with E-state index in [2.05, 4.69) is 46.3 Å². The first-order valence-electron chi connectivity index (χ1n) is 12.6. The van der Waals surface area contributed by atoms with Crippen molar-refractivity contribution >= 4 is 37.0 Å². The van der Waals surface area contributed by atoms with Crippen molar-refractivity contribution in [3.8, 4) is 33.8 Å². The van der Waals surface area contributed by atoms with Crippen molar-refractivity contribution in [2.75, 3.05) is 0 Å². The standard InChI is InChI=1S/C33H23BrO5S/c34-29-20-25(17-18-31(29)39-40(36,37)27-10-6-9-26(35)21-27)23-13-15-24(16-14-23)33-28-11-4-5-12-30(28)38-32(33)19-22-7-2-1-3-8-22/h1-18,20-21,35H,19H2. The number of aromatic hydroxyl groups is 1. The normalized spacial score (nSPS) is 11.5. The van der Waals surface area contributed by atoms with Crippen molar-refractivity contribution in [1.82, 2.24) is 0 Å². The van der Waals surface area contributed by atoms with Gasteiger partial charge in [0.1, 0.15) is 22.0 Å². The molecule has 0 aliphatic carbocycles. The third kappa shape index (κ3) is 5.26. The molecule has 5 aromatic carbocycles. The summed E-state index contributed by atoms with van der Waals surface area (Å²) in [5.41, 5.74) is 6.01. The van der Waals surface area contributed by atoms with Crippen molar-refractivity contribution in [3.63, 3.8) is 0 Å². The first kappa shape index (κ1) is 25.9. The fraction of sp³-hybridized carbons (Fsp3) is 0.0303. The molecule has 0 amide bonds. The van der Waals surface area contributed by atoms with Gasteiger partial charge in [0, 0.05) is 23.4 Å². The van der Waals surface area contributed by atoms with Crippen LogP contribution < -0.4 is 4.18 Å². The molecule has 5 nitrogen and oxygen atoms in total. The molecule has 1 aromatic heterocycles. The fourth-order valence-corrected chi connectivity index (χ4v) is 6.26. The molecule has 0 atom stereocenters. The van der Waals surface area contributed by atoms with Crippen LogP contribution in [0.25, 0.3) is 33.2 Å².